The Bertz CT molecular complexity index is 655. The highest BCUT2D eigenvalue weighted by Crippen LogP contribution is 2.24. The van der Waals surface area contributed by atoms with Crippen LogP contribution in [-0.2, 0) is 13.2 Å². The van der Waals surface area contributed by atoms with E-state index in [1.54, 1.807) is 4.68 Å². The van der Waals surface area contributed by atoms with E-state index >= 15 is 0 Å². The fourth-order valence-corrected chi connectivity index (χ4v) is 2.05. The minimum atomic E-state index is 0.314. The van der Waals surface area contributed by atoms with Gasteiger partial charge in [0.1, 0.15) is 18.5 Å². The summed E-state index contributed by atoms with van der Waals surface area (Å²) in [5.74, 6) is 0.695. The summed E-state index contributed by atoms with van der Waals surface area (Å²) >= 11 is 0. The topological polar surface area (TPSA) is 76.9 Å². The molecule has 0 unspecified atom stereocenters. The number of benzene rings is 1. The Morgan fingerprint density at radius 2 is 2.14 bits per heavy atom. The minimum absolute atomic E-state index is 0.314. The lowest BCUT2D eigenvalue weighted by Crippen LogP contribution is -2.05. The van der Waals surface area contributed by atoms with Gasteiger partial charge in [0.15, 0.2) is 5.56 Å². The molecule has 1 aromatic carbocycles. The highest BCUT2D eigenvalue weighted by Gasteiger charge is 2.16. The molecule has 21 heavy (non-hydrogen) atoms. The van der Waals surface area contributed by atoms with Gasteiger partial charge in [-0.3, -0.25) is 0 Å². The zero-order chi connectivity index (χ0) is 15.2. The van der Waals surface area contributed by atoms with E-state index < -0.39 is 0 Å². The van der Waals surface area contributed by atoms with Crippen molar-refractivity contribution < 1.29 is 4.74 Å². The van der Waals surface area contributed by atoms with Crippen molar-refractivity contribution in [3.8, 4) is 11.9 Å². The third-order valence-electron chi connectivity index (χ3n) is 3.42. The molecular formula is C16H20N4O. The second-order valence-corrected chi connectivity index (χ2v) is 4.97. The van der Waals surface area contributed by atoms with Crippen LogP contribution in [0.1, 0.15) is 36.5 Å². The molecule has 0 saturated carbocycles. The van der Waals surface area contributed by atoms with Gasteiger partial charge in [-0.1, -0.05) is 37.6 Å². The molecule has 5 heteroatoms. The van der Waals surface area contributed by atoms with Gasteiger partial charge in [0.2, 0.25) is 0 Å². The van der Waals surface area contributed by atoms with Crippen LogP contribution in [0, 0.1) is 18.3 Å². The number of nitriles is 1. The molecule has 0 bridgehead atoms. The second kappa shape index (κ2) is 6.80. The number of aromatic nitrogens is 2. The Hall–Kier alpha value is -2.48. The molecule has 0 aliphatic heterocycles. The van der Waals surface area contributed by atoms with E-state index in [-0.39, 0.29) is 0 Å². The largest absolute Gasteiger partial charge is 0.471 e. The van der Waals surface area contributed by atoms with Gasteiger partial charge in [-0.05, 0) is 24.5 Å². The molecule has 0 aliphatic carbocycles. The van der Waals surface area contributed by atoms with Crippen molar-refractivity contribution in [2.45, 2.75) is 39.8 Å². The quantitative estimate of drug-likeness (QED) is 0.884. The summed E-state index contributed by atoms with van der Waals surface area (Å²) in [6.45, 7) is 5.20. The first-order valence-electron chi connectivity index (χ1n) is 7.11. The zero-order valence-electron chi connectivity index (χ0n) is 12.5. The molecule has 5 nitrogen and oxygen atoms in total. The summed E-state index contributed by atoms with van der Waals surface area (Å²) < 4.78 is 7.35. The minimum Gasteiger partial charge on any atom is -0.471 e. The number of unbranched alkanes of at least 4 members (excludes halogenated alkanes) is 1. The van der Waals surface area contributed by atoms with E-state index in [9.17, 15) is 5.26 Å². The van der Waals surface area contributed by atoms with Gasteiger partial charge < -0.3 is 10.5 Å². The molecule has 0 atom stereocenters. The molecule has 0 saturated heterocycles. The van der Waals surface area contributed by atoms with Crippen molar-refractivity contribution in [3.63, 3.8) is 0 Å². The average molecular weight is 284 g/mol. The highest BCUT2D eigenvalue weighted by atomic mass is 16.5. The van der Waals surface area contributed by atoms with E-state index in [0.717, 1.165) is 24.0 Å². The van der Waals surface area contributed by atoms with Crippen LogP contribution in [0.15, 0.2) is 24.3 Å². The predicted octanol–water partition coefficient (Wildman–Crippen LogP) is 3.02. The van der Waals surface area contributed by atoms with Crippen molar-refractivity contribution in [1.82, 2.24) is 9.78 Å². The molecule has 0 spiro atoms. The molecule has 0 fully saturated rings. The first-order chi connectivity index (χ1) is 10.2. The molecule has 0 amide bonds. The summed E-state index contributed by atoms with van der Waals surface area (Å²) in [4.78, 5) is 0. The Balaban J connectivity index is 2.16. The van der Waals surface area contributed by atoms with Crippen LogP contribution in [0.4, 0.5) is 5.82 Å². The number of ether oxygens (including phenoxy) is 1. The van der Waals surface area contributed by atoms with Gasteiger partial charge in [0, 0.05) is 6.54 Å². The van der Waals surface area contributed by atoms with Gasteiger partial charge in [0.05, 0.1) is 0 Å². The van der Waals surface area contributed by atoms with Crippen LogP contribution >= 0.6 is 0 Å². The summed E-state index contributed by atoms with van der Waals surface area (Å²) in [5, 5.41) is 13.5. The van der Waals surface area contributed by atoms with Crippen LogP contribution < -0.4 is 10.5 Å². The first kappa shape index (κ1) is 14.9. The van der Waals surface area contributed by atoms with Crippen molar-refractivity contribution >= 4 is 5.82 Å². The number of nitrogens with two attached hydrogens (primary N) is 1. The second-order valence-electron chi connectivity index (χ2n) is 4.97. The van der Waals surface area contributed by atoms with E-state index in [2.05, 4.69) is 18.1 Å². The van der Waals surface area contributed by atoms with Gasteiger partial charge in [-0.15, -0.1) is 5.10 Å². The van der Waals surface area contributed by atoms with Crippen LogP contribution in [0.3, 0.4) is 0 Å². The molecular weight excluding hydrogens is 264 g/mol. The Kier molecular flexibility index (Phi) is 4.83. The van der Waals surface area contributed by atoms with Crippen LogP contribution in [-0.4, -0.2) is 9.78 Å². The molecule has 1 aromatic heterocycles. The van der Waals surface area contributed by atoms with Crippen LogP contribution in [0.5, 0.6) is 5.88 Å². The fourth-order valence-electron chi connectivity index (χ4n) is 2.05. The van der Waals surface area contributed by atoms with Crippen molar-refractivity contribution in [2.75, 3.05) is 5.73 Å². The smallest absolute Gasteiger partial charge is 0.253 e. The number of nitrogens with zero attached hydrogens (tertiary/aromatic N) is 3. The lowest BCUT2D eigenvalue weighted by Gasteiger charge is -2.06. The summed E-state index contributed by atoms with van der Waals surface area (Å²) in [6, 6.07) is 10.0. The molecule has 1 heterocycles. The average Bonchev–Trinajstić information content (AvgIpc) is 2.79. The molecule has 2 rings (SSSR count). The third kappa shape index (κ3) is 3.34. The monoisotopic (exact) mass is 284 g/mol. The lowest BCUT2D eigenvalue weighted by molar-refractivity contribution is 0.287. The van der Waals surface area contributed by atoms with Crippen molar-refractivity contribution in [1.29, 1.82) is 5.26 Å². The number of hydrogen-bond acceptors (Lipinski definition) is 4. The first-order valence-corrected chi connectivity index (χ1v) is 7.11. The summed E-state index contributed by atoms with van der Waals surface area (Å²) in [5.41, 5.74) is 8.49. The predicted molar refractivity (Wildman–Crippen MR) is 81.8 cm³/mol. The Morgan fingerprint density at radius 1 is 1.38 bits per heavy atom. The summed E-state index contributed by atoms with van der Waals surface area (Å²) in [6.07, 6.45) is 2.01. The third-order valence-corrected chi connectivity index (χ3v) is 3.42. The van der Waals surface area contributed by atoms with Crippen molar-refractivity contribution in [2.24, 2.45) is 0 Å². The Labute approximate surface area is 124 Å². The van der Waals surface area contributed by atoms with Gasteiger partial charge >= 0.3 is 0 Å². The fraction of sp³-hybridized carbons (Fsp3) is 0.375. The Morgan fingerprint density at radius 3 is 2.81 bits per heavy atom. The van der Waals surface area contributed by atoms with E-state index in [0.29, 0.717) is 30.4 Å². The number of nitrogen functional groups attached to an aromatic ring is 1. The molecule has 0 radical (unpaired) electrons. The molecule has 110 valence electrons. The maximum atomic E-state index is 9.23. The van der Waals surface area contributed by atoms with E-state index in [1.807, 2.05) is 31.2 Å². The lowest BCUT2D eigenvalue weighted by atomic mass is 10.1. The highest BCUT2D eigenvalue weighted by molar-refractivity contribution is 5.55. The van der Waals surface area contributed by atoms with Crippen LogP contribution in [0.25, 0.3) is 0 Å². The van der Waals surface area contributed by atoms with Gasteiger partial charge in [0.25, 0.3) is 5.88 Å². The molecule has 0 aliphatic rings. The zero-order valence-corrected chi connectivity index (χ0v) is 12.5. The maximum absolute atomic E-state index is 9.23. The van der Waals surface area contributed by atoms with E-state index in [1.165, 1.54) is 0 Å². The number of rotatable bonds is 6. The van der Waals surface area contributed by atoms with Gasteiger partial charge in [-0.25, -0.2) is 4.68 Å². The number of hydrogen-bond donors (Lipinski definition) is 1. The summed E-state index contributed by atoms with van der Waals surface area (Å²) in [7, 11) is 0. The standard InChI is InChI=1S/C16H20N4O/c1-3-4-9-20-15(18)14(10-17)16(19-20)21-11-13-8-6-5-7-12(13)2/h5-8H,3-4,9,11,18H2,1-2H3. The number of anilines is 1. The normalized spacial score (nSPS) is 10.3. The van der Waals surface area contributed by atoms with Crippen LogP contribution in [0.2, 0.25) is 0 Å². The van der Waals surface area contributed by atoms with E-state index in [4.69, 9.17) is 10.5 Å². The maximum Gasteiger partial charge on any atom is 0.253 e. The molecule has 2 N–H and O–H groups in total. The number of aryl methyl sites for hydroxylation is 2. The molecule has 2 aromatic rings. The van der Waals surface area contributed by atoms with Crippen molar-refractivity contribution in [3.05, 3.63) is 41.0 Å². The SMILES string of the molecule is CCCCn1nc(OCc2ccccc2C)c(C#N)c1N. The van der Waals surface area contributed by atoms with Gasteiger partial charge in [-0.2, -0.15) is 5.26 Å².